The molecule has 43 heavy (non-hydrogen) atoms. The number of anilines is 1. The van der Waals surface area contributed by atoms with Crippen LogP contribution in [0.15, 0.2) is 66.9 Å². The zero-order valence-electron chi connectivity index (χ0n) is 25.7. The van der Waals surface area contributed by atoms with Gasteiger partial charge in [-0.15, -0.1) is 0 Å². The zero-order chi connectivity index (χ0) is 31.1. The molecule has 230 valence electrons. The van der Waals surface area contributed by atoms with E-state index < -0.39 is 11.8 Å². The van der Waals surface area contributed by atoms with Crippen molar-refractivity contribution in [3.63, 3.8) is 0 Å². The van der Waals surface area contributed by atoms with Crippen LogP contribution in [-0.4, -0.2) is 83.7 Å². The molecule has 2 amide bonds. The first-order chi connectivity index (χ1) is 20.5. The smallest absolute Gasteiger partial charge is 0.411 e. The third-order valence-corrected chi connectivity index (χ3v) is 7.52. The quantitative estimate of drug-likeness (QED) is 0.411. The van der Waals surface area contributed by atoms with E-state index in [0.29, 0.717) is 31.1 Å². The molecule has 1 aliphatic rings. The molecule has 0 spiro atoms. The molecule has 0 fully saturated rings. The summed E-state index contributed by atoms with van der Waals surface area (Å²) in [6, 6.07) is 18.8. The summed E-state index contributed by atoms with van der Waals surface area (Å²) >= 11 is 0. The molecule has 0 bridgehead atoms. The van der Waals surface area contributed by atoms with E-state index in [1.807, 2.05) is 54.3 Å². The van der Waals surface area contributed by atoms with Crippen LogP contribution < -0.4 is 10.1 Å². The van der Waals surface area contributed by atoms with Crippen molar-refractivity contribution in [2.75, 3.05) is 39.2 Å². The fourth-order valence-corrected chi connectivity index (χ4v) is 5.04. The van der Waals surface area contributed by atoms with Gasteiger partial charge >= 0.3 is 6.09 Å². The lowest BCUT2D eigenvalue weighted by atomic mass is 10.00. The molecule has 0 aliphatic carbocycles. The maximum Gasteiger partial charge on any atom is 0.411 e. The number of methoxy groups -OCH3 is 1. The van der Waals surface area contributed by atoms with Crippen LogP contribution in [0.5, 0.6) is 5.75 Å². The average molecular weight is 591 g/mol. The maximum atomic E-state index is 13.6. The first-order valence-electron chi connectivity index (χ1n) is 14.5. The molecule has 3 aromatic rings. The Morgan fingerprint density at radius 1 is 1.16 bits per heavy atom. The Morgan fingerprint density at radius 2 is 1.91 bits per heavy atom. The molecule has 3 atom stereocenters. The first-order valence-corrected chi connectivity index (χ1v) is 14.5. The number of aliphatic hydroxyl groups is 1. The monoisotopic (exact) mass is 590 g/mol. The molecule has 2 heterocycles. The van der Waals surface area contributed by atoms with Crippen molar-refractivity contribution in [3.8, 4) is 17.0 Å². The third kappa shape index (κ3) is 8.31. The van der Waals surface area contributed by atoms with E-state index >= 15 is 0 Å². The number of likely N-dealkylation sites (N-methyl/N-ethyl adjacent to an activating group) is 1. The van der Waals surface area contributed by atoms with Crippen molar-refractivity contribution in [3.05, 3.63) is 78.0 Å². The summed E-state index contributed by atoms with van der Waals surface area (Å²) < 4.78 is 17.2. The number of amides is 2. The second kappa shape index (κ2) is 14.0. The van der Waals surface area contributed by atoms with E-state index in [1.54, 1.807) is 64.2 Å². The Bertz CT molecular complexity index is 1380. The normalized spacial score (nSPS) is 21.8. The fraction of sp³-hybridized carbons (Fsp3) is 0.424. The molecule has 0 saturated heterocycles. The highest BCUT2D eigenvalue weighted by atomic mass is 16.6. The topological polar surface area (TPSA) is 113 Å². The van der Waals surface area contributed by atoms with Crippen molar-refractivity contribution in [2.24, 2.45) is 5.92 Å². The Morgan fingerprint density at radius 3 is 2.56 bits per heavy atom. The first kappa shape index (κ1) is 31.9. The Balaban J connectivity index is 1.62. The standard InChI is InChI=1S/C33H42N4O6/c1-22(2)43-32(39)35-26-14-15-29-27(17-26)31(38)36(5)20-30(41-6)23(3)18-37(33(4,40)21-42-29)19-24-10-12-25(13-11-24)28-9-7-8-16-34-28/h7-17,22-23,30,40H,18-21H2,1-6H3,(H,35,39)/t23-,30-,33-/m0/s1. The van der Waals surface area contributed by atoms with Gasteiger partial charge in [0.05, 0.1) is 23.5 Å². The Labute approximate surface area is 253 Å². The molecule has 2 N–H and O–H groups in total. The van der Waals surface area contributed by atoms with Crippen LogP contribution in [0.25, 0.3) is 11.3 Å². The number of carbonyl (C=O) groups is 2. The van der Waals surface area contributed by atoms with Crippen LogP contribution >= 0.6 is 0 Å². The molecular weight excluding hydrogens is 548 g/mol. The second-order valence-electron chi connectivity index (χ2n) is 11.5. The van der Waals surface area contributed by atoms with Gasteiger partial charge in [0.2, 0.25) is 0 Å². The SMILES string of the molecule is CO[C@H]1CN(C)C(=O)c2cc(NC(=O)OC(C)C)ccc2OC[C@](C)(O)N(Cc2ccc(-c3ccccn3)cc2)C[C@@H]1C. The largest absolute Gasteiger partial charge is 0.488 e. The number of pyridine rings is 1. The van der Waals surface area contributed by atoms with Gasteiger partial charge in [-0.1, -0.05) is 37.3 Å². The second-order valence-corrected chi connectivity index (χ2v) is 11.5. The molecule has 10 nitrogen and oxygen atoms in total. The van der Waals surface area contributed by atoms with Crippen LogP contribution in [0.3, 0.4) is 0 Å². The lowest BCUT2D eigenvalue weighted by Crippen LogP contribution is -2.53. The van der Waals surface area contributed by atoms with Gasteiger partial charge in [0, 0.05) is 51.2 Å². The van der Waals surface area contributed by atoms with Gasteiger partial charge < -0.3 is 24.2 Å². The number of carbonyl (C=O) groups excluding carboxylic acids is 2. The zero-order valence-corrected chi connectivity index (χ0v) is 25.7. The van der Waals surface area contributed by atoms with Gasteiger partial charge in [-0.2, -0.15) is 0 Å². The number of hydrogen-bond donors (Lipinski definition) is 2. The molecule has 0 saturated carbocycles. The predicted octanol–water partition coefficient (Wildman–Crippen LogP) is 5.03. The number of nitrogens with zero attached hydrogens (tertiary/aromatic N) is 3. The van der Waals surface area contributed by atoms with Gasteiger partial charge in [0.25, 0.3) is 5.91 Å². The van der Waals surface area contributed by atoms with E-state index in [9.17, 15) is 14.7 Å². The maximum absolute atomic E-state index is 13.6. The number of hydrogen-bond acceptors (Lipinski definition) is 8. The highest BCUT2D eigenvalue weighted by Crippen LogP contribution is 2.29. The molecule has 1 aliphatic heterocycles. The van der Waals surface area contributed by atoms with Crippen molar-refractivity contribution < 1.29 is 28.9 Å². The highest BCUT2D eigenvalue weighted by molar-refractivity contribution is 5.98. The number of ether oxygens (including phenoxy) is 3. The molecule has 10 heteroatoms. The number of benzene rings is 2. The van der Waals surface area contributed by atoms with Crippen molar-refractivity contribution in [1.29, 1.82) is 0 Å². The summed E-state index contributed by atoms with van der Waals surface area (Å²) in [5.41, 5.74) is 2.17. The average Bonchev–Trinajstić information content (AvgIpc) is 2.98. The van der Waals surface area contributed by atoms with Gasteiger partial charge in [-0.05, 0) is 62.6 Å². The minimum Gasteiger partial charge on any atom is -0.488 e. The molecule has 0 radical (unpaired) electrons. The summed E-state index contributed by atoms with van der Waals surface area (Å²) in [4.78, 5) is 33.8. The van der Waals surface area contributed by atoms with Crippen LogP contribution in [0.1, 0.15) is 43.6 Å². The molecular formula is C33H42N4O6. The summed E-state index contributed by atoms with van der Waals surface area (Å²) in [6.45, 7) is 8.43. The summed E-state index contributed by atoms with van der Waals surface area (Å²) in [7, 11) is 3.34. The molecule has 2 aromatic carbocycles. The van der Waals surface area contributed by atoms with E-state index in [0.717, 1.165) is 16.8 Å². The molecule has 0 unspecified atom stereocenters. The van der Waals surface area contributed by atoms with Crippen LogP contribution in [0.4, 0.5) is 10.5 Å². The third-order valence-electron chi connectivity index (χ3n) is 7.52. The Kier molecular flexibility index (Phi) is 10.4. The van der Waals surface area contributed by atoms with Crippen LogP contribution in [-0.2, 0) is 16.0 Å². The number of aromatic nitrogens is 1. The van der Waals surface area contributed by atoms with Crippen LogP contribution in [0, 0.1) is 5.92 Å². The van der Waals surface area contributed by atoms with Crippen molar-refractivity contribution >= 4 is 17.7 Å². The van der Waals surface area contributed by atoms with Gasteiger partial charge in [-0.3, -0.25) is 20.0 Å². The summed E-state index contributed by atoms with van der Waals surface area (Å²) in [6.07, 6.45) is 0.554. The van der Waals surface area contributed by atoms with E-state index in [-0.39, 0.29) is 36.2 Å². The van der Waals surface area contributed by atoms with Crippen molar-refractivity contribution in [2.45, 2.75) is 52.2 Å². The number of rotatable bonds is 6. The minimum absolute atomic E-state index is 0.0442. The van der Waals surface area contributed by atoms with Crippen LogP contribution in [0.2, 0.25) is 0 Å². The van der Waals surface area contributed by atoms with E-state index in [1.165, 1.54) is 0 Å². The van der Waals surface area contributed by atoms with Crippen molar-refractivity contribution in [1.82, 2.24) is 14.8 Å². The summed E-state index contributed by atoms with van der Waals surface area (Å²) in [5, 5.41) is 14.4. The lowest BCUT2D eigenvalue weighted by Gasteiger charge is -2.40. The predicted molar refractivity (Wildman–Crippen MR) is 165 cm³/mol. The molecule has 4 rings (SSSR count). The molecule has 1 aromatic heterocycles. The van der Waals surface area contributed by atoms with E-state index in [4.69, 9.17) is 14.2 Å². The minimum atomic E-state index is -1.39. The highest BCUT2D eigenvalue weighted by Gasteiger charge is 2.35. The Hall–Kier alpha value is -3.99. The van der Waals surface area contributed by atoms with E-state index in [2.05, 4.69) is 10.3 Å². The number of fused-ring (bicyclic) bond motifs is 1. The van der Waals surface area contributed by atoms with Gasteiger partial charge in [0.15, 0.2) is 0 Å². The number of nitrogens with one attached hydrogen (secondary N) is 1. The van der Waals surface area contributed by atoms with Gasteiger partial charge in [-0.25, -0.2) is 4.79 Å². The lowest BCUT2D eigenvalue weighted by molar-refractivity contribution is -0.134. The summed E-state index contributed by atoms with van der Waals surface area (Å²) in [5.74, 6) is -0.0467. The van der Waals surface area contributed by atoms with Gasteiger partial charge in [0.1, 0.15) is 18.1 Å². The fourth-order valence-electron chi connectivity index (χ4n) is 5.04.